The van der Waals surface area contributed by atoms with E-state index < -0.39 is 0 Å². The fourth-order valence-corrected chi connectivity index (χ4v) is 4.70. The number of hydrogen-bond acceptors (Lipinski definition) is 3. The average molecular weight is 358 g/mol. The molecule has 5 atom stereocenters. The summed E-state index contributed by atoms with van der Waals surface area (Å²) in [6.45, 7) is 7.98. The van der Waals surface area contributed by atoms with Gasteiger partial charge in [-0.25, -0.2) is 4.79 Å². The van der Waals surface area contributed by atoms with Crippen molar-refractivity contribution in [1.29, 1.82) is 0 Å². The zero-order valence-corrected chi connectivity index (χ0v) is 12.2. The summed E-state index contributed by atoms with van der Waals surface area (Å²) >= 11 is 2.20. The molecule has 3 aliphatic rings. The van der Waals surface area contributed by atoms with Gasteiger partial charge in [-0.3, -0.25) is 4.79 Å². The molecular formula is C14H15IO3. The highest BCUT2D eigenvalue weighted by Crippen LogP contribution is 2.51. The molecule has 18 heavy (non-hydrogen) atoms. The summed E-state index contributed by atoms with van der Waals surface area (Å²) < 4.78 is 5.44. The minimum Gasteiger partial charge on any atom is -0.458 e. The van der Waals surface area contributed by atoms with E-state index in [9.17, 15) is 9.59 Å². The highest BCUT2D eigenvalue weighted by molar-refractivity contribution is 14.1. The lowest BCUT2D eigenvalue weighted by atomic mass is 9.83. The third kappa shape index (κ3) is 1.61. The van der Waals surface area contributed by atoms with Crippen LogP contribution in [0.5, 0.6) is 0 Å². The zero-order chi connectivity index (χ0) is 13.0. The molecule has 0 aromatic heterocycles. The first kappa shape index (κ1) is 12.4. The van der Waals surface area contributed by atoms with Crippen LogP contribution < -0.4 is 0 Å². The Kier molecular flexibility index (Phi) is 2.88. The number of allylic oxidation sites excluding steroid dienone is 1. The SMILES string of the molecule is C=C1CC[C@H]2C(=C)C(=O)O[C@@H]2C2C(I)C(=O)C[C@@H]12. The maximum absolute atomic E-state index is 11.9. The van der Waals surface area contributed by atoms with E-state index >= 15 is 0 Å². The lowest BCUT2D eigenvalue weighted by molar-refractivity contribution is -0.141. The van der Waals surface area contributed by atoms with Crippen LogP contribution in [0.4, 0.5) is 0 Å². The van der Waals surface area contributed by atoms with Crippen molar-refractivity contribution in [2.24, 2.45) is 17.8 Å². The molecule has 0 bridgehead atoms. The van der Waals surface area contributed by atoms with Crippen molar-refractivity contribution < 1.29 is 14.3 Å². The standard InChI is InChI=1S/C14H15IO3/c1-6-3-4-8-7(2)14(17)18-13(8)11-9(6)5-10(16)12(11)15/h8-9,11-13H,1-5H2/t8-,9-,11?,12?,13-/m0/s1. The first-order valence-electron chi connectivity index (χ1n) is 6.25. The van der Waals surface area contributed by atoms with Gasteiger partial charge in [-0.05, 0) is 18.8 Å². The number of carbonyl (C=O) groups excluding carboxylic acids is 2. The van der Waals surface area contributed by atoms with Crippen LogP contribution in [0.2, 0.25) is 0 Å². The number of carbonyl (C=O) groups is 2. The molecule has 0 aromatic carbocycles. The van der Waals surface area contributed by atoms with Crippen LogP contribution in [0, 0.1) is 17.8 Å². The van der Waals surface area contributed by atoms with E-state index in [1.54, 1.807) is 0 Å². The molecule has 0 radical (unpaired) electrons. The lowest BCUT2D eigenvalue weighted by Crippen LogP contribution is -2.33. The van der Waals surface area contributed by atoms with Crippen LogP contribution in [0.3, 0.4) is 0 Å². The van der Waals surface area contributed by atoms with E-state index in [0.717, 1.165) is 18.4 Å². The molecule has 0 spiro atoms. The average Bonchev–Trinajstić information content (AvgIpc) is 2.72. The predicted molar refractivity (Wildman–Crippen MR) is 75.3 cm³/mol. The molecule has 4 heteroatoms. The summed E-state index contributed by atoms with van der Waals surface area (Å²) in [5.41, 5.74) is 1.72. The zero-order valence-electron chi connectivity index (χ0n) is 10.0. The number of fused-ring (bicyclic) bond motifs is 3. The van der Waals surface area contributed by atoms with Gasteiger partial charge in [-0.2, -0.15) is 0 Å². The van der Waals surface area contributed by atoms with Gasteiger partial charge in [0, 0.05) is 23.8 Å². The number of esters is 1. The van der Waals surface area contributed by atoms with Gasteiger partial charge in [0.1, 0.15) is 11.9 Å². The number of ether oxygens (including phenoxy) is 1. The minimum absolute atomic E-state index is 0.0614. The van der Waals surface area contributed by atoms with Crippen molar-refractivity contribution in [3.05, 3.63) is 24.3 Å². The van der Waals surface area contributed by atoms with Crippen LogP contribution in [0.15, 0.2) is 24.3 Å². The van der Waals surface area contributed by atoms with Crippen molar-refractivity contribution in [2.75, 3.05) is 0 Å². The molecule has 0 N–H and O–H groups in total. The Morgan fingerprint density at radius 1 is 1.22 bits per heavy atom. The van der Waals surface area contributed by atoms with Gasteiger partial charge in [0.2, 0.25) is 0 Å². The quantitative estimate of drug-likeness (QED) is 0.220. The summed E-state index contributed by atoms with van der Waals surface area (Å²) in [5.74, 6) is 0.349. The molecule has 3 fully saturated rings. The van der Waals surface area contributed by atoms with Crippen LogP contribution in [0.1, 0.15) is 19.3 Å². The number of halogens is 1. The number of hydrogen-bond donors (Lipinski definition) is 0. The third-order valence-corrected chi connectivity index (χ3v) is 6.09. The second-order valence-corrected chi connectivity index (χ2v) is 6.80. The molecule has 0 aromatic rings. The van der Waals surface area contributed by atoms with Crippen LogP contribution in [-0.4, -0.2) is 21.8 Å². The molecule has 1 heterocycles. The number of Topliss-reactive ketones (excluding diaryl/α,β-unsaturated/α-hetero) is 1. The van der Waals surface area contributed by atoms with Gasteiger partial charge in [0.05, 0.1) is 3.92 Å². The topological polar surface area (TPSA) is 43.4 Å². The van der Waals surface area contributed by atoms with Crippen LogP contribution >= 0.6 is 22.6 Å². The van der Waals surface area contributed by atoms with E-state index in [1.165, 1.54) is 0 Å². The third-order valence-electron chi connectivity index (χ3n) is 4.56. The molecular weight excluding hydrogens is 343 g/mol. The second kappa shape index (κ2) is 4.18. The molecule has 3 rings (SSSR count). The van der Waals surface area contributed by atoms with Gasteiger partial charge in [0.25, 0.3) is 0 Å². The Hall–Kier alpha value is -0.650. The molecule has 2 saturated carbocycles. The van der Waals surface area contributed by atoms with Gasteiger partial charge >= 0.3 is 5.97 Å². The lowest BCUT2D eigenvalue weighted by Gasteiger charge is -2.26. The Balaban J connectivity index is 2.01. The van der Waals surface area contributed by atoms with Crippen molar-refractivity contribution in [3.63, 3.8) is 0 Å². The van der Waals surface area contributed by atoms with E-state index in [0.29, 0.717) is 12.0 Å². The van der Waals surface area contributed by atoms with E-state index in [-0.39, 0.29) is 39.5 Å². The van der Waals surface area contributed by atoms with E-state index in [1.807, 2.05) is 0 Å². The van der Waals surface area contributed by atoms with Crippen molar-refractivity contribution in [3.8, 4) is 0 Å². The highest BCUT2D eigenvalue weighted by Gasteiger charge is 2.54. The number of alkyl halides is 1. The summed E-state index contributed by atoms with van der Waals surface area (Å²) in [6.07, 6.45) is 2.14. The molecule has 1 saturated heterocycles. The van der Waals surface area contributed by atoms with Crippen molar-refractivity contribution in [2.45, 2.75) is 29.3 Å². The maximum Gasteiger partial charge on any atom is 0.334 e. The predicted octanol–water partition coefficient (Wildman–Crippen LogP) is 2.44. The molecule has 2 unspecified atom stereocenters. The summed E-state index contributed by atoms with van der Waals surface area (Å²) in [7, 11) is 0. The van der Waals surface area contributed by atoms with Gasteiger partial charge < -0.3 is 4.74 Å². The Labute approximate surface area is 120 Å². The van der Waals surface area contributed by atoms with Crippen molar-refractivity contribution in [1.82, 2.24) is 0 Å². The molecule has 0 amide bonds. The number of rotatable bonds is 0. The highest BCUT2D eigenvalue weighted by atomic mass is 127. The van der Waals surface area contributed by atoms with E-state index in [2.05, 4.69) is 35.7 Å². The van der Waals surface area contributed by atoms with E-state index in [4.69, 9.17) is 4.74 Å². The Morgan fingerprint density at radius 3 is 2.67 bits per heavy atom. The molecule has 1 aliphatic heterocycles. The first-order chi connectivity index (χ1) is 8.50. The maximum atomic E-state index is 11.9. The monoisotopic (exact) mass is 358 g/mol. The fraction of sp³-hybridized carbons (Fsp3) is 0.571. The largest absolute Gasteiger partial charge is 0.458 e. The van der Waals surface area contributed by atoms with Gasteiger partial charge in [0.15, 0.2) is 0 Å². The Morgan fingerprint density at radius 2 is 1.94 bits per heavy atom. The van der Waals surface area contributed by atoms with Crippen molar-refractivity contribution >= 4 is 34.3 Å². The fourth-order valence-electron chi connectivity index (χ4n) is 3.54. The van der Waals surface area contributed by atoms with Crippen LogP contribution in [-0.2, 0) is 14.3 Å². The van der Waals surface area contributed by atoms with Gasteiger partial charge in [-0.1, -0.05) is 41.3 Å². The molecule has 2 aliphatic carbocycles. The summed E-state index contributed by atoms with van der Waals surface area (Å²) in [6, 6.07) is 0. The normalized spacial score (nSPS) is 43.5. The minimum atomic E-state index is -0.279. The summed E-state index contributed by atoms with van der Waals surface area (Å²) in [4.78, 5) is 23.6. The molecule has 96 valence electrons. The Bertz CT molecular complexity index is 468. The molecule has 3 nitrogen and oxygen atoms in total. The second-order valence-electron chi connectivity index (χ2n) is 5.45. The number of ketones is 1. The van der Waals surface area contributed by atoms with Crippen LogP contribution in [0.25, 0.3) is 0 Å². The first-order valence-corrected chi connectivity index (χ1v) is 7.49. The van der Waals surface area contributed by atoms with Gasteiger partial charge in [-0.15, -0.1) is 0 Å². The summed E-state index contributed by atoms with van der Waals surface area (Å²) in [5, 5.41) is 0. The smallest absolute Gasteiger partial charge is 0.334 e.